The number of hydrogen-bond donors (Lipinski definition) is 1. The number of thiocarbonyl (C=S) groups is 1. The van der Waals surface area contributed by atoms with Crippen molar-refractivity contribution < 1.29 is 14.3 Å². The number of benzene rings is 3. The van der Waals surface area contributed by atoms with Crippen molar-refractivity contribution in [2.24, 2.45) is 0 Å². The third-order valence-electron chi connectivity index (χ3n) is 4.59. The van der Waals surface area contributed by atoms with Crippen LogP contribution in [0.5, 0.6) is 11.5 Å². The molecule has 0 atom stereocenters. The second-order valence-electron chi connectivity index (χ2n) is 6.66. The molecule has 3 rings (SSSR count). The van der Waals surface area contributed by atoms with Gasteiger partial charge in [0.25, 0.3) is 5.91 Å². The average Bonchev–Trinajstić information content (AvgIpc) is 2.79. The largest absolute Gasteiger partial charge is 0.493 e. The number of amides is 1. The monoisotopic (exact) mass is 420 g/mol. The molecule has 0 aliphatic carbocycles. The van der Waals surface area contributed by atoms with Gasteiger partial charge in [0.2, 0.25) is 0 Å². The number of ether oxygens (including phenoxy) is 2. The highest BCUT2D eigenvalue weighted by Gasteiger charge is 2.16. The molecule has 0 aliphatic heterocycles. The molecule has 0 saturated heterocycles. The van der Waals surface area contributed by atoms with Gasteiger partial charge in [-0.2, -0.15) is 0 Å². The third kappa shape index (κ3) is 5.58. The van der Waals surface area contributed by atoms with Gasteiger partial charge in [-0.3, -0.25) is 10.1 Å². The van der Waals surface area contributed by atoms with E-state index < -0.39 is 0 Å². The van der Waals surface area contributed by atoms with Crippen molar-refractivity contribution >= 4 is 23.2 Å². The van der Waals surface area contributed by atoms with Gasteiger partial charge in [0.15, 0.2) is 16.6 Å². The predicted octanol–water partition coefficient (Wildman–Crippen LogP) is 4.42. The van der Waals surface area contributed by atoms with Crippen molar-refractivity contribution in [1.82, 2.24) is 10.2 Å². The van der Waals surface area contributed by atoms with Gasteiger partial charge in [-0.15, -0.1) is 0 Å². The zero-order valence-corrected chi connectivity index (χ0v) is 17.8. The van der Waals surface area contributed by atoms with Crippen LogP contribution >= 0.6 is 12.2 Å². The minimum absolute atomic E-state index is 0.299. The van der Waals surface area contributed by atoms with Gasteiger partial charge in [-0.05, 0) is 41.5 Å². The Kier molecular flexibility index (Phi) is 7.40. The topological polar surface area (TPSA) is 50.8 Å². The van der Waals surface area contributed by atoms with Crippen LogP contribution in [0.3, 0.4) is 0 Å². The summed E-state index contributed by atoms with van der Waals surface area (Å²) in [6.45, 7) is 1.17. The molecule has 0 bridgehead atoms. The average molecular weight is 421 g/mol. The normalized spacial score (nSPS) is 10.2. The minimum atomic E-state index is -0.299. The first-order valence-corrected chi connectivity index (χ1v) is 9.91. The third-order valence-corrected chi connectivity index (χ3v) is 4.95. The lowest BCUT2D eigenvalue weighted by Crippen LogP contribution is -2.42. The highest BCUT2D eigenvalue weighted by atomic mass is 32.1. The Bertz CT molecular complexity index is 952. The number of methoxy groups -OCH3 is 2. The van der Waals surface area contributed by atoms with Crippen molar-refractivity contribution in [3.8, 4) is 11.5 Å². The quantitative estimate of drug-likeness (QED) is 0.574. The van der Waals surface area contributed by atoms with Crippen molar-refractivity contribution in [2.75, 3.05) is 14.2 Å². The Balaban J connectivity index is 1.77. The number of carbonyl (C=O) groups excluding carboxylic acids is 1. The van der Waals surface area contributed by atoms with E-state index in [2.05, 4.69) is 5.32 Å². The van der Waals surface area contributed by atoms with Gasteiger partial charge in [-0.1, -0.05) is 60.7 Å². The Morgan fingerprint density at radius 1 is 0.833 bits per heavy atom. The first kappa shape index (κ1) is 21.3. The fraction of sp³-hybridized carbons (Fsp3) is 0.167. The van der Waals surface area contributed by atoms with E-state index in [9.17, 15) is 4.79 Å². The molecule has 0 aromatic heterocycles. The number of carbonyl (C=O) groups is 1. The molecule has 0 unspecified atom stereocenters. The number of rotatable bonds is 7. The summed E-state index contributed by atoms with van der Waals surface area (Å²) in [5, 5.41) is 3.21. The summed E-state index contributed by atoms with van der Waals surface area (Å²) in [5.41, 5.74) is 2.65. The van der Waals surface area contributed by atoms with Crippen molar-refractivity contribution in [2.45, 2.75) is 13.1 Å². The maximum atomic E-state index is 12.8. The van der Waals surface area contributed by atoms with E-state index >= 15 is 0 Å². The first-order chi connectivity index (χ1) is 14.6. The van der Waals surface area contributed by atoms with Crippen LogP contribution in [0, 0.1) is 0 Å². The van der Waals surface area contributed by atoms with E-state index in [1.54, 1.807) is 25.3 Å². The molecule has 3 aromatic carbocycles. The summed E-state index contributed by atoms with van der Waals surface area (Å²) in [6.07, 6.45) is 0. The van der Waals surface area contributed by atoms with Crippen LogP contribution in [-0.2, 0) is 13.1 Å². The molecular formula is C24H24N2O3S. The Morgan fingerprint density at radius 3 is 1.87 bits per heavy atom. The molecule has 154 valence electrons. The first-order valence-electron chi connectivity index (χ1n) is 9.51. The number of nitrogens with zero attached hydrogens (tertiary/aromatic N) is 1. The molecule has 0 fully saturated rings. The summed E-state index contributed by atoms with van der Waals surface area (Å²) in [6, 6.07) is 25.1. The van der Waals surface area contributed by atoms with Crippen LogP contribution in [0.25, 0.3) is 0 Å². The Labute approximate surface area is 182 Å². The van der Waals surface area contributed by atoms with Gasteiger partial charge in [0.1, 0.15) is 0 Å². The summed E-state index contributed by atoms with van der Waals surface area (Å²) in [5.74, 6) is 0.750. The highest BCUT2D eigenvalue weighted by molar-refractivity contribution is 7.80. The molecule has 0 heterocycles. The van der Waals surface area contributed by atoms with Gasteiger partial charge in [-0.25, -0.2) is 0 Å². The van der Waals surface area contributed by atoms with Crippen molar-refractivity contribution in [1.29, 1.82) is 0 Å². The standard InChI is InChI=1S/C24H24N2O3S/c1-28-21-14-13-20(15-22(21)29-2)23(27)25-24(30)26(16-18-9-5-3-6-10-18)17-19-11-7-4-8-12-19/h3-15H,16-17H2,1-2H3,(H,25,27,30). The summed E-state index contributed by atoms with van der Waals surface area (Å²) in [4.78, 5) is 14.8. The fourth-order valence-corrected chi connectivity index (χ4v) is 3.25. The van der Waals surface area contributed by atoms with Crippen LogP contribution in [0.4, 0.5) is 0 Å². The van der Waals surface area contributed by atoms with Gasteiger partial charge < -0.3 is 14.4 Å². The molecule has 1 amide bonds. The zero-order chi connectivity index (χ0) is 21.3. The summed E-state index contributed by atoms with van der Waals surface area (Å²) < 4.78 is 10.5. The Hall–Kier alpha value is -3.38. The highest BCUT2D eigenvalue weighted by Crippen LogP contribution is 2.27. The second kappa shape index (κ2) is 10.4. The lowest BCUT2D eigenvalue weighted by Gasteiger charge is -2.26. The van der Waals surface area contributed by atoms with Crippen LogP contribution < -0.4 is 14.8 Å². The van der Waals surface area contributed by atoms with E-state index in [-0.39, 0.29) is 5.91 Å². The maximum Gasteiger partial charge on any atom is 0.257 e. The molecule has 0 aliphatic rings. The minimum Gasteiger partial charge on any atom is -0.493 e. The van der Waals surface area contributed by atoms with Crippen molar-refractivity contribution in [3.05, 3.63) is 95.6 Å². The van der Waals surface area contributed by atoms with E-state index in [1.165, 1.54) is 7.11 Å². The van der Waals surface area contributed by atoms with E-state index in [4.69, 9.17) is 21.7 Å². The Morgan fingerprint density at radius 2 is 1.37 bits per heavy atom. The molecule has 0 saturated carbocycles. The fourth-order valence-electron chi connectivity index (χ4n) is 3.03. The molecule has 0 spiro atoms. The SMILES string of the molecule is COc1ccc(C(=O)NC(=S)N(Cc2ccccc2)Cc2ccccc2)cc1OC. The zero-order valence-electron chi connectivity index (χ0n) is 17.0. The van der Waals surface area contributed by atoms with Gasteiger partial charge >= 0.3 is 0 Å². The van der Waals surface area contributed by atoms with Crippen LogP contribution in [0.1, 0.15) is 21.5 Å². The molecule has 5 nitrogen and oxygen atoms in total. The lowest BCUT2D eigenvalue weighted by molar-refractivity contribution is 0.0972. The summed E-state index contributed by atoms with van der Waals surface area (Å²) in [7, 11) is 3.09. The molecule has 1 N–H and O–H groups in total. The number of hydrogen-bond acceptors (Lipinski definition) is 4. The predicted molar refractivity (Wildman–Crippen MR) is 122 cm³/mol. The van der Waals surface area contributed by atoms with Crippen molar-refractivity contribution in [3.63, 3.8) is 0 Å². The molecular weight excluding hydrogens is 396 g/mol. The van der Waals surface area contributed by atoms with Gasteiger partial charge in [0, 0.05) is 18.7 Å². The lowest BCUT2D eigenvalue weighted by atomic mass is 10.1. The second-order valence-corrected chi connectivity index (χ2v) is 7.04. The van der Waals surface area contributed by atoms with E-state index in [0.717, 1.165) is 11.1 Å². The molecule has 6 heteroatoms. The van der Waals surface area contributed by atoms with Crippen LogP contribution in [0.15, 0.2) is 78.9 Å². The van der Waals surface area contributed by atoms with Gasteiger partial charge in [0.05, 0.1) is 14.2 Å². The van der Waals surface area contributed by atoms with E-state index in [1.807, 2.05) is 65.6 Å². The van der Waals surface area contributed by atoms with Crippen LogP contribution in [0.2, 0.25) is 0 Å². The molecule has 0 radical (unpaired) electrons. The van der Waals surface area contributed by atoms with Crippen LogP contribution in [-0.4, -0.2) is 30.1 Å². The van der Waals surface area contributed by atoms with E-state index in [0.29, 0.717) is 35.3 Å². The molecule has 30 heavy (non-hydrogen) atoms. The molecule has 3 aromatic rings. The maximum absolute atomic E-state index is 12.8. The number of nitrogens with one attached hydrogen (secondary N) is 1. The smallest absolute Gasteiger partial charge is 0.257 e. The summed E-state index contributed by atoms with van der Waals surface area (Å²) >= 11 is 5.60.